The molecule has 0 fully saturated rings. The maximum atomic E-state index is 2.42. The summed E-state index contributed by atoms with van der Waals surface area (Å²) in [5, 5.41) is 0. The first-order chi connectivity index (χ1) is 12.6. The van der Waals surface area contributed by atoms with Crippen LogP contribution in [0.3, 0.4) is 0 Å². The van der Waals surface area contributed by atoms with Crippen molar-refractivity contribution in [2.45, 2.75) is 103 Å². The molecule has 150 valence electrons. The van der Waals surface area contributed by atoms with E-state index in [-0.39, 0.29) is 0 Å². The van der Waals surface area contributed by atoms with Gasteiger partial charge in [0, 0.05) is 12.0 Å². The van der Waals surface area contributed by atoms with Gasteiger partial charge in [0.1, 0.15) is 6.04 Å². The average Bonchev–Trinajstić information content (AvgIpc) is 2.64. The average molecular weight is 361 g/mol. The second-order valence-electron chi connectivity index (χ2n) is 8.73. The maximum Gasteiger partial charge on any atom is 0.114 e. The summed E-state index contributed by atoms with van der Waals surface area (Å²) in [6.07, 6.45) is 18.4. The second kappa shape index (κ2) is 14.3. The lowest BCUT2D eigenvalue weighted by molar-refractivity contribution is -0.921. The fraction of sp³-hybridized carbons (Fsp3) is 0.760. The van der Waals surface area contributed by atoms with E-state index in [4.69, 9.17) is 0 Å². The smallest absolute Gasteiger partial charge is 0.114 e. The molecule has 26 heavy (non-hydrogen) atoms. The predicted molar refractivity (Wildman–Crippen MR) is 118 cm³/mol. The molecular formula is C25H46N+. The van der Waals surface area contributed by atoms with Gasteiger partial charge >= 0.3 is 0 Å². The summed E-state index contributed by atoms with van der Waals surface area (Å²) in [6, 6.07) is 11.7. The van der Waals surface area contributed by atoms with Crippen molar-refractivity contribution in [3.63, 3.8) is 0 Å². The van der Waals surface area contributed by atoms with E-state index in [0.717, 1.165) is 4.48 Å². The minimum Gasteiger partial charge on any atom is -0.322 e. The van der Waals surface area contributed by atoms with Crippen molar-refractivity contribution in [2.24, 2.45) is 0 Å². The Kier molecular flexibility index (Phi) is 12.7. The summed E-state index contributed by atoms with van der Waals surface area (Å²) in [7, 11) is 4.83. The Morgan fingerprint density at radius 3 is 1.58 bits per heavy atom. The third-order valence-electron chi connectivity index (χ3n) is 6.00. The Hall–Kier alpha value is -0.820. The molecule has 0 N–H and O–H groups in total. The van der Waals surface area contributed by atoms with Crippen LogP contribution in [0.5, 0.6) is 0 Å². The van der Waals surface area contributed by atoms with E-state index in [1.54, 1.807) is 0 Å². The molecular weight excluding hydrogens is 314 g/mol. The zero-order chi connectivity index (χ0) is 19.1. The summed E-state index contributed by atoms with van der Waals surface area (Å²) in [5.41, 5.74) is 1.50. The Labute approximate surface area is 164 Å². The fourth-order valence-corrected chi connectivity index (χ4v) is 4.32. The van der Waals surface area contributed by atoms with Crippen molar-refractivity contribution in [1.29, 1.82) is 0 Å². The lowest BCUT2D eigenvalue weighted by atomic mass is 10.0. The summed E-state index contributed by atoms with van der Waals surface area (Å²) >= 11 is 0. The van der Waals surface area contributed by atoms with Crippen LogP contribution < -0.4 is 0 Å². The van der Waals surface area contributed by atoms with E-state index in [9.17, 15) is 0 Å². The molecule has 1 heteroatoms. The van der Waals surface area contributed by atoms with Crippen LogP contribution in [0.1, 0.15) is 109 Å². The Bertz CT molecular complexity index is 423. The van der Waals surface area contributed by atoms with Crippen molar-refractivity contribution in [1.82, 2.24) is 0 Å². The first kappa shape index (κ1) is 23.2. The third kappa shape index (κ3) is 9.76. The second-order valence-corrected chi connectivity index (χ2v) is 8.73. The van der Waals surface area contributed by atoms with Gasteiger partial charge in [0.05, 0.1) is 20.6 Å². The lowest BCUT2D eigenvalue weighted by Gasteiger charge is -2.38. The standard InChI is InChI=1S/C25H46N/c1-5-7-8-9-10-11-12-13-14-15-16-20-23-26(3,4)25(6-2)24-21-18-17-19-22-24/h17-19,21-22,25H,5-16,20,23H2,1-4H3/q+1. The van der Waals surface area contributed by atoms with E-state index in [2.05, 4.69) is 58.3 Å². The first-order valence-electron chi connectivity index (χ1n) is 11.5. The van der Waals surface area contributed by atoms with Crippen molar-refractivity contribution < 1.29 is 4.48 Å². The van der Waals surface area contributed by atoms with Crippen molar-refractivity contribution >= 4 is 0 Å². The van der Waals surface area contributed by atoms with Crippen LogP contribution in [0.2, 0.25) is 0 Å². The minimum atomic E-state index is 0.629. The molecule has 0 saturated carbocycles. The molecule has 0 saturated heterocycles. The number of quaternary nitrogens is 1. The summed E-state index contributed by atoms with van der Waals surface area (Å²) in [4.78, 5) is 0. The molecule has 0 bridgehead atoms. The van der Waals surface area contributed by atoms with E-state index in [1.165, 1.54) is 95.6 Å². The largest absolute Gasteiger partial charge is 0.322 e. The summed E-state index contributed by atoms with van der Waals surface area (Å²) in [5.74, 6) is 0. The molecule has 0 heterocycles. The minimum absolute atomic E-state index is 0.629. The van der Waals surface area contributed by atoms with E-state index < -0.39 is 0 Å². The van der Waals surface area contributed by atoms with Gasteiger partial charge in [0.15, 0.2) is 0 Å². The summed E-state index contributed by atoms with van der Waals surface area (Å²) in [6.45, 7) is 5.93. The molecule has 0 aromatic heterocycles. The number of hydrogen-bond donors (Lipinski definition) is 0. The normalized spacial score (nSPS) is 13.1. The predicted octanol–water partition coefficient (Wildman–Crippen LogP) is 7.92. The van der Waals surface area contributed by atoms with Crippen LogP contribution in [0.25, 0.3) is 0 Å². The highest BCUT2D eigenvalue weighted by Gasteiger charge is 2.27. The van der Waals surface area contributed by atoms with Gasteiger partial charge in [-0.05, 0) is 12.8 Å². The third-order valence-corrected chi connectivity index (χ3v) is 6.00. The van der Waals surface area contributed by atoms with Crippen molar-refractivity contribution in [2.75, 3.05) is 20.6 Å². The molecule has 0 spiro atoms. The zero-order valence-electron chi connectivity index (χ0n) is 18.3. The lowest BCUT2D eigenvalue weighted by Crippen LogP contribution is -2.43. The number of nitrogens with zero attached hydrogens (tertiary/aromatic N) is 1. The Balaban J connectivity index is 2.09. The monoisotopic (exact) mass is 360 g/mol. The molecule has 1 rings (SSSR count). The highest BCUT2D eigenvalue weighted by molar-refractivity contribution is 5.17. The van der Waals surface area contributed by atoms with Crippen LogP contribution in [0, 0.1) is 0 Å². The molecule has 1 unspecified atom stereocenters. The maximum absolute atomic E-state index is 2.42. The Morgan fingerprint density at radius 2 is 1.12 bits per heavy atom. The summed E-state index contributed by atoms with van der Waals surface area (Å²) < 4.78 is 1.12. The van der Waals surface area contributed by atoms with Crippen LogP contribution in [0.15, 0.2) is 30.3 Å². The fourth-order valence-electron chi connectivity index (χ4n) is 4.32. The molecule has 1 atom stereocenters. The molecule has 0 aliphatic carbocycles. The van der Waals surface area contributed by atoms with Gasteiger partial charge in [-0.15, -0.1) is 0 Å². The molecule has 0 aliphatic heterocycles. The van der Waals surface area contributed by atoms with Crippen molar-refractivity contribution in [3.8, 4) is 0 Å². The number of rotatable bonds is 16. The van der Waals surface area contributed by atoms with Crippen LogP contribution in [-0.4, -0.2) is 25.1 Å². The molecule has 1 nitrogen and oxygen atoms in total. The van der Waals surface area contributed by atoms with Gasteiger partial charge in [-0.3, -0.25) is 0 Å². The molecule has 1 aromatic carbocycles. The number of unbranched alkanes of at least 4 members (excludes halogenated alkanes) is 11. The van der Waals surface area contributed by atoms with Gasteiger partial charge in [0.2, 0.25) is 0 Å². The van der Waals surface area contributed by atoms with Gasteiger partial charge < -0.3 is 4.48 Å². The van der Waals surface area contributed by atoms with Crippen LogP contribution in [0.4, 0.5) is 0 Å². The Morgan fingerprint density at radius 1 is 0.654 bits per heavy atom. The van der Waals surface area contributed by atoms with Gasteiger partial charge in [0.25, 0.3) is 0 Å². The van der Waals surface area contributed by atoms with E-state index in [1.807, 2.05) is 0 Å². The highest BCUT2D eigenvalue weighted by Crippen LogP contribution is 2.28. The van der Waals surface area contributed by atoms with Gasteiger partial charge in [-0.2, -0.15) is 0 Å². The quantitative estimate of drug-likeness (QED) is 0.207. The molecule has 0 radical (unpaired) electrons. The molecule has 0 amide bonds. The molecule has 1 aromatic rings. The SMILES string of the molecule is CCCCCCCCCCCCCC[N+](C)(C)C(CC)c1ccccc1. The van der Waals surface area contributed by atoms with Crippen LogP contribution >= 0.6 is 0 Å². The number of hydrogen-bond acceptors (Lipinski definition) is 0. The van der Waals surface area contributed by atoms with Crippen LogP contribution in [-0.2, 0) is 0 Å². The highest BCUT2D eigenvalue weighted by atomic mass is 15.3. The van der Waals surface area contributed by atoms with E-state index >= 15 is 0 Å². The first-order valence-corrected chi connectivity index (χ1v) is 11.5. The number of benzene rings is 1. The van der Waals surface area contributed by atoms with E-state index in [0.29, 0.717) is 6.04 Å². The van der Waals surface area contributed by atoms with Gasteiger partial charge in [-0.1, -0.05) is 108 Å². The van der Waals surface area contributed by atoms with Gasteiger partial charge in [-0.25, -0.2) is 0 Å². The topological polar surface area (TPSA) is 0 Å². The zero-order valence-corrected chi connectivity index (χ0v) is 18.3. The molecule has 0 aliphatic rings. The van der Waals surface area contributed by atoms with Crippen molar-refractivity contribution in [3.05, 3.63) is 35.9 Å².